The van der Waals surface area contributed by atoms with Gasteiger partial charge in [0.2, 0.25) is 0 Å². The molecule has 0 saturated heterocycles. The van der Waals surface area contributed by atoms with Gasteiger partial charge >= 0.3 is 0 Å². The minimum absolute atomic E-state index is 0.128. The van der Waals surface area contributed by atoms with Crippen molar-refractivity contribution in [3.63, 3.8) is 0 Å². The molecule has 1 aromatic heterocycles. The summed E-state index contributed by atoms with van der Waals surface area (Å²) in [4.78, 5) is 12.6. The highest BCUT2D eigenvalue weighted by Crippen LogP contribution is 2.32. The Kier molecular flexibility index (Phi) is 5.08. The fraction of sp³-hybridized carbons (Fsp3) is 0.211. The highest BCUT2D eigenvalue weighted by molar-refractivity contribution is 14.1. The average molecular weight is 436 g/mol. The van der Waals surface area contributed by atoms with E-state index in [1.54, 1.807) is 12.1 Å². The molecule has 0 aliphatic carbocycles. The molecule has 3 aromatic rings. The fourth-order valence-electron chi connectivity index (χ4n) is 2.50. The van der Waals surface area contributed by atoms with Crippen molar-refractivity contribution in [1.29, 1.82) is 0 Å². The summed E-state index contributed by atoms with van der Waals surface area (Å²) in [5, 5.41) is 0.439. The minimum Gasteiger partial charge on any atom is -0.494 e. The maximum atomic E-state index is 12.6. The van der Waals surface area contributed by atoms with Crippen LogP contribution in [0.5, 0.6) is 11.5 Å². The lowest BCUT2D eigenvalue weighted by Gasteiger charge is -2.11. The van der Waals surface area contributed by atoms with Gasteiger partial charge in [0, 0.05) is 27.3 Å². The van der Waals surface area contributed by atoms with Crippen LogP contribution in [-0.2, 0) is 0 Å². The summed E-state index contributed by atoms with van der Waals surface area (Å²) in [6.45, 7) is 4.77. The van der Waals surface area contributed by atoms with Crippen molar-refractivity contribution >= 4 is 33.6 Å². The monoisotopic (exact) mass is 436 g/mol. The number of hydrogen-bond donors (Lipinski definition) is 0. The van der Waals surface area contributed by atoms with Gasteiger partial charge in [-0.1, -0.05) is 12.1 Å². The van der Waals surface area contributed by atoms with Crippen LogP contribution in [0, 0.1) is 3.57 Å². The third kappa shape index (κ3) is 3.40. The highest BCUT2D eigenvalue weighted by atomic mass is 127. The molecule has 0 aliphatic rings. The second-order valence-corrected chi connectivity index (χ2v) is 6.39. The molecule has 0 radical (unpaired) electrons. The van der Waals surface area contributed by atoms with Gasteiger partial charge in [0.05, 0.1) is 13.2 Å². The fourth-order valence-corrected chi connectivity index (χ4v) is 2.86. The van der Waals surface area contributed by atoms with Crippen molar-refractivity contribution in [3.8, 4) is 22.8 Å². The van der Waals surface area contributed by atoms with Gasteiger partial charge in [-0.2, -0.15) is 0 Å². The smallest absolute Gasteiger partial charge is 0.197 e. The molecule has 0 unspecified atom stereocenters. The van der Waals surface area contributed by atoms with Crippen LogP contribution < -0.4 is 14.9 Å². The van der Waals surface area contributed by atoms with E-state index in [-0.39, 0.29) is 5.43 Å². The Bertz CT molecular complexity index is 913. The van der Waals surface area contributed by atoms with Crippen molar-refractivity contribution < 1.29 is 13.9 Å². The Hall–Kier alpha value is -2.02. The van der Waals surface area contributed by atoms with Gasteiger partial charge in [-0.05, 0) is 48.6 Å². The molecule has 0 N–H and O–H groups in total. The number of rotatable bonds is 5. The molecule has 4 nitrogen and oxygen atoms in total. The lowest BCUT2D eigenvalue weighted by molar-refractivity contribution is 0.325. The van der Waals surface area contributed by atoms with Gasteiger partial charge in [0.1, 0.15) is 28.2 Å². The Morgan fingerprint density at radius 3 is 2.38 bits per heavy atom. The van der Waals surface area contributed by atoms with Gasteiger partial charge in [-0.25, -0.2) is 0 Å². The molecule has 2 aromatic carbocycles. The predicted molar refractivity (Wildman–Crippen MR) is 103 cm³/mol. The van der Waals surface area contributed by atoms with Gasteiger partial charge in [-0.15, -0.1) is 0 Å². The summed E-state index contributed by atoms with van der Waals surface area (Å²) < 4.78 is 18.3. The molecule has 0 spiro atoms. The average Bonchev–Trinajstić information content (AvgIpc) is 2.55. The van der Waals surface area contributed by atoms with E-state index in [4.69, 9.17) is 13.9 Å². The molecule has 0 bridgehead atoms. The molecule has 0 atom stereocenters. The van der Waals surface area contributed by atoms with Crippen LogP contribution in [0.1, 0.15) is 13.8 Å². The van der Waals surface area contributed by atoms with E-state index in [2.05, 4.69) is 22.6 Å². The third-order valence-electron chi connectivity index (χ3n) is 3.51. The molecule has 5 heteroatoms. The number of fused-ring (bicyclic) bond motifs is 1. The minimum atomic E-state index is -0.128. The SMILES string of the molecule is CCOc1cc(OCC)c2c(=O)cc(-c3ccc(I)cc3)oc2c1. The maximum absolute atomic E-state index is 12.6. The highest BCUT2D eigenvalue weighted by Gasteiger charge is 2.14. The zero-order chi connectivity index (χ0) is 17.1. The summed E-state index contributed by atoms with van der Waals surface area (Å²) in [5.41, 5.74) is 1.19. The summed E-state index contributed by atoms with van der Waals surface area (Å²) in [6, 6.07) is 12.8. The molecule has 0 fully saturated rings. The largest absolute Gasteiger partial charge is 0.494 e. The molecule has 3 rings (SSSR count). The first-order valence-electron chi connectivity index (χ1n) is 7.75. The van der Waals surface area contributed by atoms with Crippen LogP contribution in [0.4, 0.5) is 0 Å². The lowest BCUT2D eigenvalue weighted by Crippen LogP contribution is -2.05. The van der Waals surface area contributed by atoms with Crippen molar-refractivity contribution in [3.05, 3.63) is 56.3 Å². The van der Waals surface area contributed by atoms with Gasteiger partial charge in [-0.3, -0.25) is 4.79 Å². The molecule has 24 heavy (non-hydrogen) atoms. The van der Waals surface area contributed by atoms with Crippen LogP contribution in [0.25, 0.3) is 22.3 Å². The standard InChI is InChI=1S/C19H17IO4/c1-3-22-14-9-17(23-4-2)19-15(21)11-16(24-18(19)10-14)12-5-7-13(20)8-6-12/h5-11H,3-4H2,1-2H3. The summed E-state index contributed by atoms with van der Waals surface area (Å²) in [6.07, 6.45) is 0. The lowest BCUT2D eigenvalue weighted by atomic mass is 10.1. The van der Waals surface area contributed by atoms with Crippen LogP contribution >= 0.6 is 22.6 Å². The quantitative estimate of drug-likeness (QED) is 0.536. The van der Waals surface area contributed by atoms with Crippen molar-refractivity contribution in [1.82, 2.24) is 0 Å². The second-order valence-electron chi connectivity index (χ2n) is 5.14. The number of hydrogen-bond acceptors (Lipinski definition) is 4. The third-order valence-corrected chi connectivity index (χ3v) is 4.23. The Morgan fingerprint density at radius 2 is 1.71 bits per heavy atom. The van der Waals surface area contributed by atoms with E-state index in [0.717, 1.165) is 9.13 Å². The normalized spacial score (nSPS) is 10.8. The molecular weight excluding hydrogens is 419 g/mol. The number of halogens is 1. The van der Waals surface area contributed by atoms with Crippen LogP contribution in [0.3, 0.4) is 0 Å². The second kappa shape index (κ2) is 7.25. The van der Waals surface area contributed by atoms with Crippen molar-refractivity contribution in [2.75, 3.05) is 13.2 Å². The summed E-state index contributed by atoms with van der Waals surface area (Å²) >= 11 is 2.24. The first-order valence-corrected chi connectivity index (χ1v) is 8.83. The molecule has 1 heterocycles. The zero-order valence-electron chi connectivity index (χ0n) is 13.5. The van der Waals surface area contributed by atoms with Gasteiger partial charge in [0.25, 0.3) is 0 Å². The van der Waals surface area contributed by atoms with Crippen molar-refractivity contribution in [2.24, 2.45) is 0 Å². The van der Waals surface area contributed by atoms with E-state index < -0.39 is 0 Å². The van der Waals surface area contributed by atoms with E-state index in [1.165, 1.54) is 6.07 Å². The zero-order valence-corrected chi connectivity index (χ0v) is 15.6. The topological polar surface area (TPSA) is 48.7 Å². The summed E-state index contributed by atoms with van der Waals surface area (Å²) in [7, 11) is 0. The summed E-state index contributed by atoms with van der Waals surface area (Å²) in [5.74, 6) is 1.64. The van der Waals surface area contributed by atoms with Crippen molar-refractivity contribution in [2.45, 2.75) is 13.8 Å². The molecule has 124 valence electrons. The Labute approximate surface area is 153 Å². The Morgan fingerprint density at radius 1 is 1.00 bits per heavy atom. The Balaban J connectivity index is 2.22. The van der Waals surface area contributed by atoms with Crippen LogP contribution in [-0.4, -0.2) is 13.2 Å². The van der Waals surface area contributed by atoms with Gasteiger partial charge < -0.3 is 13.9 Å². The molecule has 0 saturated carbocycles. The maximum Gasteiger partial charge on any atom is 0.197 e. The van der Waals surface area contributed by atoms with E-state index in [9.17, 15) is 4.79 Å². The van der Waals surface area contributed by atoms with E-state index in [0.29, 0.717) is 41.4 Å². The van der Waals surface area contributed by atoms with Crippen LogP contribution in [0.15, 0.2) is 51.7 Å². The van der Waals surface area contributed by atoms with Gasteiger partial charge in [0.15, 0.2) is 5.43 Å². The molecule has 0 aliphatic heterocycles. The predicted octanol–water partition coefficient (Wildman–Crippen LogP) is 4.86. The first kappa shape index (κ1) is 16.8. The molecular formula is C19H17IO4. The number of benzene rings is 2. The number of ether oxygens (including phenoxy) is 2. The molecule has 0 amide bonds. The first-order chi connectivity index (χ1) is 11.6. The van der Waals surface area contributed by atoms with E-state index in [1.807, 2.05) is 38.1 Å². The van der Waals surface area contributed by atoms with E-state index >= 15 is 0 Å². The van der Waals surface area contributed by atoms with Crippen LogP contribution in [0.2, 0.25) is 0 Å².